The molecule has 11 heavy (non-hydrogen) atoms. The van der Waals surface area contributed by atoms with Gasteiger partial charge in [0.05, 0.1) is 5.60 Å². The number of rotatable bonds is 3. The van der Waals surface area contributed by atoms with E-state index < -0.39 is 17.9 Å². The first-order chi connectivity index (χ1) is 4.81. The Kier molecular flexibility index (Phi) is 3.48. The number of hydrogen-bond acceptors (Lipinski definition) is 4. The molecular formula is C7H14O4. The normalized spacial score (nSPS) is 14.3. The van der Waals surface area contributed by atoms with Gasteiger partial charge in [0, 0.05) is 13.3 Å². The van der Waals surface area contributed by atoms with Crippen LogP contribution in [-0.4, -0.2) is 28.1 Å². The molecule has 1 atom stereocenters. The topological polar surface area (TPSA) is 66.8 Å². The highest BCUT2D eigenvalue weighted by Gasteiger charge is 2.20. The van der Waals surface area contributed by atoms with Gasteiger partial charge in [0.2, 0.25) is 6.29 Å². The Hall–Kier alpha value is -0.610. The Balaban J connectivity index is 3.69. The third-order valence-electron chi connectivity index (χ3n) is 0.976. The van der Waals surface area contributed by atoms with Gasteiger partial charge in [-0.3, -0.25) is 4.79 Å². The van der Waals surface area contributed by atoms with Gasteiger partial charge in [-0.15, -0.1) is 0 Å². The zero-order valence-corrected chi connectivity index (χ0v) is 7.00. The minimum atomic E-state index is -1.22. The molecule has 0 amide bonds. The maximum atomic E-state index is 10.3. The summed E-state index contributed by atoms with van der Waals surface area (Å²) < 4.78 is 4.38. The molecule has 0 aromatic carbocycles. The molecule has 0 heterocycles. The van der Waals surface area contributed by atoms with Gasteiger partial charge in [-0.05, 0) is 13.8 Å². The van der Waals surface area contributed by atoms with Crippen molar-refractivity contribution in [1.29, 1.82) is 0 Å². The lowest BCUT2D eigenvalue weighted by Gasteiger charge is -2.20. The number of carbonyl (C=O) groups is 1. The molecule has 0 aromatic rings. The Morgan fingerprint density at radius 1 is 1.64 bits per heavy atom. The largest absolute Gasteiger partial charge is 0.436 e. The molecule has 4 heteroatoms. The molecule has 0 aliphatic carbocycles. The zero-order chi connectivity index (χ0) is 9.07. The van der Waals surface area contributed by atoms with Crippen LogP contribution in [0.5, 0.6) is 0 Å². The molecule has 66 valence electrons. The van der Waals surface area contributed by atoms with E-state index in [-0.39, 0.29) is 6.42 Å². The average Bonchev–Trinajstić information content (AvgIpc) is 1.53. The maximum Gasteiger partial charge on any atom is 0.304 e. The number of esters is 1. The van der Waals surface area contributed by atoms with Crippen LogP contribution < -0.4 is 0 Å². The molecule has 0 saturated heterocycles. The lowest BCUT2D eigenvalue weighted by molar-refractivity contribution is -0.172. The van der Waals surface area contributed by atoms with E-state index in [9.17, 15) is 4.79 Å². The van der Waals surface area contributed by atoms with Crippen LogP contribution in [0.15, 0.2) is 0 Å². The quantitative estimate of drug-likeness (QED) is 0.454. The molecule has 1 unspecified atom stereocenters. The Morgan fingerprint density at radius 2 is 2.09 bits per heavy atom. The molecule has 0 aliphatic rings. The summed E-state index contributed by atoms with van der Waals surface area (Å²) in [5, 5.41) is 18.1. The third-order valence-corrected chi connectivity index (χ3v) is 0.976. The van der Waals surface area contributed by atoms with Crippen molar-refractivity contribution in [1.82, 2.24) is 0 Å². The number of carbonyl (C=O) groups excluding carboxylic acids is 1. The van der Waals surface area contributed by atoms with Gasteiger partial charge in [-0.2, -0.15) is 0 Å². The Bertz CT molecular complexity index is 136. The first-order valence-electron chi connectivity index (χ1n) is 3.39. The van der Waals surface area contributed by atoms with Crippen LogP contribution in [0.3, 0.4) is 0 Å². The van der Waals surface area contributed by atoms with Crippen LogP contribution in [-0.2, 0) is 9.53 Å². The van der Waals surface area contributed by atoms with Crippen molar-refractivity contribution in [3.8, 4) is 0 Å². The smallest absolute Gasteiger partial charge is 0.304 e. The monoisotopic (exact) mass is 162 g/mol. The van der Waals surface area contributed by atoms with Crippen molar-refractivity contribution in [2.24, 2.45) is 0 Å². The van der Waals surface area contributed by atoms with Gasteiger partial charge in [-0.1, -0.05) is 0 Å². The molecule has 0 radical (unpaired) electrons. The Labute approximate surface area is 65.8 Å². The molecule has 4 nitrogen and oxygen atoms in total. The van der Waals surface area contributed by atoms with Crippen molar-refractivity contribution in [2.45, 2.75) is 39.1 Å². The first kappa shape index (κ1) is 10.4. The maximum absolute atomic E-state index is 10.3. The molecule has 0 aromatic heterocycles. The van der Waals surface area contributed by atoms with Gasteiger partial charge in [-0.25, -0.2) is 0 Å². The molecule has 0 rings (SSSR count). The minimum absolute atomic E-state index is 0.0204. The summed E-state index contributed by atoms with van der Waals surface area (Å²) in [6.07, 6.45) is -1.19. The van der Waals surface area contributed by atoms with Gasteiger partial charge in [0.15, 0.2) is 0 Å². The van der Waals surface area contributed by atoms with Crippen molar-refractivity contribution in [3.63, 3.8) is 0 Å². The van der Waals surface area contributed by atoms with E-state index in [4.69, 9.17) is 10.2 Å². The molecule has 0 fully saturated rings. The van der Waals surface area contributed by atoms with Crippen LogP contribution in [0.2, 0.25) is 0 Å². The van der Waals surface area contributed by atoms with Crippen molar-refractivity contribution < 1.29 is 19.7 Å². The predicted octanol–water partition coefficient (Wildman–Crippen LogP) is 0.0289. The predicted molar refractivity (Wildman–Crippen MR) is 38.7 cm³/mol. The van der Waals surface area contributed by atoms with Crippen LogP contribution in [0.4, 0.5) is 0 Å². The third kappa shape index (κ3) is 7.29. The van der Waals surface area contributed by atoms with Crippen LogP contribution >= 0.6 is 0 Å². The summed E-state index contributed by atoms with van der Waals surface area (Å²) in [7, 11) is 0. The fourth-order valence-electron chi connectivity index (χ4n) is 0.661. The summed E-state index contributed by atoms with van der Waals surface area (Å²) in [5.74, 6) is -0.554. The minimum Gasteiger partial charge on any atom is -0.436 e. The number of hydrogen-bond donors (Lipinski definition) is 2. The lowest BCUT2D eigenvalue weighted by Crippen LogP contribution is -2.28. The molecule has 0 bridgehead atoms. The van der Waals surface area contributed by atoms with Crippen molar-refractivity contribution in [3.05, 3.63) is 0 Å². The fraction of sp³-hybridized carbons (Fsp3) is 0.857. The molecule has 0 saturated carbocycles. The molecule has 0 spiro atoms. The van der Waals surface area contributed by atoms with Gasteiger partial charge in [0.25, 0.3) is 0 Å². The molecular weight excluding hydrogens is 148 g/mol. The van der Waals surface area contributed by atoms with Crippen molar-refractivity contribution >= 4 is 5.97 Å². The fourth-order valence-corrected chi connectivity index (χ4v) is 0.661. The Morgan fingerprint density at radius 3 is 2.36 bits per heavy atom. The summed E-state index contributed by atoms with van der Waals surface area (Å²) in [6, 6.07) is 0. The van der Waals surface area contributed by atoms with E-state index in [0.717, 1.165) is 0 Å². The summed E-state index contributed by atoms with van der Waals surface area (Å²) in [4.78, 5) is 10.3. The zero-order valence-electron chi connectivity index (χ0n) is 7.00. The van der Waals surface area contributed by atoms with Gasteiger partial charge >= 0.3 is 5.97 Å². The SMILES string of the molecule is CC(=O)OC(O)CC(C)(C)O. The second-order valence-corrected chi connectivity index (χ2v) is 3.08. The van der Waals surface area contributed by atoms with Crippen LogP contribution in [0.1, 0.15) is 27.2 Å². The first-order valence-corrected chi connectivity index (χ1v) is 3.39. The number of ether oxygens (including phenoxy) is 1. The highest BCUT2D eigenvalue weighted by Crippen LogP contribution is 2.11. The number of aliphatic hydroxyl groups is 2. The van der Waals surface area contributed by atoms with Gasteiger partial charge < -0.3 is 14.9 Å². The summed E-state index contributed by atoms with van der Waals surface area (Å²) >= 11 is 0. The summed E-state index contributed by atoms with van der Waals surface area (Å²) in [6.45, 7) is 4.26. The highest BCUT2D eigenvalue weighted by atomic mass is 16.6. The van der Waals surface area contributed by atoms with Crippen LogP contribution in [0, 0.1) is 0 Å². The second kappa shape index (κ2) is 3.69. The van der Waals surface area contributed by atoms with Crippen LogP contribution in [0.25, 0.3) is 0 Å². The van der Waals surface area contributed by atoms with E-state index in [0.29, 0.717) is 0 Å². The standard InChI is InChI=1S/C7H14O4/c1-5(8)11-6(9)4-7(2,3)10/h6,9-10H,4H2,1-3H3. The van der Waals surface area contributed by atoms with E-state index in [1.165, 1.54) is 20.8 Å². The van der Waals surface area contributed by atoms with E-state index >= 15 is 0 Å². The lowest BCUT2D eigenvalue weighted by atomic mass is 10.1. The van der Waals surface area contributed by atoms with Crippen molar-refractivity contribution in [2.75, 3.05) is 0 Å². The number of aliphatic hydroxyl groups excluding tert-OH is 1. The van der Waals surface area contributed by atoms with E-state index in [1.54, 1.807) is 0 Å². The van der Waals surface area contributed by atoms with E-state index in [2.05, 4.69) is 4.74 Å². The van der Waals surface area contributed by atoms with Gasteiger partial charge in [0.1, 0.15) is 0 Å². The molecule has 0 aliphatic heterocycles. The molecule has 2 N–H and O–H groups in total. The second-order valence-electron chi connectivity index (χ2n) is 3.08. The van der Waals surface area contributed by atoms with E-state index in [1.807, 2.05) is 0 Å². The summed E-state index contributed by atoms with van der Waals surface area (Å²) in [5.41, 5.74) is -1.02. The average molecular weight is 162 g/mol. The highest BCUT2D eigenvalue weighted by molar-refractivity contribution is 5.65.